The number of hydrogen-bond acceptors (Lipinski definition) is 3. The van der Waals surface area contributed by atoms with E-state index in [4.69, 9.17) is 5.73 Å². The van der Waals surface area contributed by atoms with Crippen LogP contribution in [0.15, 0.2) is 18.2 Å². The third kappa shape index (κ3) is 2.97. The summed E-state index contributed by atoms with van der Waals surface area (Å²) in [5.41, 5.74) is 7.69. The standard InChI is InChI=1S/C12H18N2O2/c1-8-4-5-11(13)10(6-8)12(16)14(3)7-9(2)15/h4-6,9,15H,7,13H2,1-3H3. The average Bonchev–Trinajstić information content (AvgIpc) is 2.19. The lowest BCUT2D eigenvalue weighted by atomic mass is 10.1. The molecule has 1 atom stereocenters. The van der Waals surface area contributed by atoms with Crippen molar-refractivity contribution in [1.82, 2.24) is 4.90 Å². The molecule has 0 aliphatic rings. The van der Waals surface area contributed by atoms with E-state index in [0.717, 1.165) is 5.56 Å². The first-order valence-electron chi connectivity index (χ1n) is 5.21. The first kappa shape index (κ1) is 12.5. The summed E-state index contributed by atoms with van der Waals surface area (Å²) >= 11 is 0. The second-order valence-corrected chi connectivity index (χ2v) is 4.13. The molecular weight excluding hydrogens is 204 g/mol. The number of rotatable bonds is 3. The van der Waals surface area contributed by atoms with Crippen LogP contribution in [0.2, 0.25) is 0 Å². The fraction of sp³-hybridized carbons (Fsp3) is 0.417. The van der Waals surface area contributed by atoms with Crippen molar-refractivity contribution in [3.05, 3.63) is 29.3 Å². The maximum Gasteiger partial charge on any atom is 0.255 e. The van der Waals surface area contributed by atoms with Crippen LogP contribution >= 0.6 is 0 Å². The molecule has 0 saturated carbocycles. The summed E-state index contributed by atoms with van der Waals surface area (Å²) in [6.45, 7) is 3.85. The zero-order valence-electron chi connectivity index (χ0n) is 9.90. The quantitative estimate of drug-likeness (QED) is 0.751. The maximum atomic E-state index is 12.0. The van der Waals surface area contributed by atoms with E-state index in [9.17, 15) is 9.90 Å². The summed E-state index contributed by atoms with van der Waals surface area (Å²) in [6.07, 6.45) is -0.542. The van der Waals surface area contributed by atoms with Gasteiger partial charge in [-0.25, -0.2) is 0 Å². The summed E-state index contributed by atoms with van der Waals surface area (Å²) in [5.74, 6) is -0.165. The molecule has 1 amide bonds. The van der Waals surface area contributed by atoms with Gasteiger partial charge < -0.3 is 15.7 Å². The van der Waals surface area contributed by atoms with Gasteiger partial charge in [-0.3, -0.25) is 4.79 Å². The molecule has 0 saturated heterocycles. The normalized spacial score (nSPS) is 12.2. The van der Waals surface area contributed by atoms with E-state index in [1.807, 2.05) is 13.0 Å². The second kappa shape index (κ2) is 4.99. The van der Waals surface area contributed by atoms with Crippen molar-refractivity contribution >= 4 is 11.6 Å². The van der Waals surface area contributed by atoms with E-state index in [-0.39, 0.29) is 5.91 Å². The smallest absolute Gasteiger partial charge is 0.255 e. The van der Waals surface area contributed by atoms with Gasteiger partial charge >= 0.3 is 0 Å². The lowest BCUT2D eigenvalue weighted by Crippen LogP contribution is -2.33. The van der Waals surface area contributed by atoms with Gasteiger partial charge in [0.05, 0.1) is 11.7 Å². The fourth-order valence-electron chi connectivity index (χ4n) is 1.54. The number of carbonyl (C=O) groups excluding carboxylic acids is 1. The van der Waals surface area contributed by atoms with Gasteiger partial charge in [0.15, 0.2) is 0 Å². The molecule has 0 aliphatic carbocycles. The van der Waals surface area contributed by atoms with Gasteiger partial charge in [0.1, 0.15) is 0 Å². The molecule has 0 aliphatic heterocycles. The number of anilines is 1. The minimum absolute atomic E-state index is 0.165. The van der Waals surface area contributed by atoms with E-state index in [1.165, 1.54) is 4.90 Å². The van der Waals surface area contributed by atoms with E-state index >= 15 is 0 Å². The topological polar surface area (TPSA) is 66.6 Å². The first-order chi connectivity index (χ1) is 7.41. The summed E-state index contributed by atoms with van der Waals surface area (Å²) in [4.78, 5) is 13.5. The third-order valence-corrected chi connectivity index (χ3v) is 2.32. The SMILES string of the molecule is Cc1ccc(N)c(C(=O)N(C)CC(C)O)c1. The van der Waals surface area contributed by atoms with Crippen LogP contribution in [0.4, 0.5) is 5.69 Å². The number of hydrogen-bond donors (Lipinski definition) is 2. The lowest BCUT2D eigenvalue weighted by molar-refractivity contribution is 0.0704. The molecule has 4 nitrogen and oxygen atoms in total. The third-order valence-electron chi connectivity index (χ3n) is 2.32. The highest BCUT2D eigenvalue weighted by Crippen LogP contribution is 2.15. The van der Waals surface area contributed by atoms with E-state index in [1.54, 1.807) is 26.1 Å². The van der Waals surface area contributed by atoms with Gasteiger partial charge in [0.25, 0.3) is 5.91 Å². The Bertz CT molecular complexity index is 389. The summed E-state index contributed by atoms with van der Waals surface area (Å²) < 4.78 is 0. The Morgan fingerprint density at radius 2 is 2.19 bits per heavy atom. The van der Waals surface area contributed by atoms with Crippen LogP contribution in [0.5, 0.6) is 0 Å². The number of carbonyl (C=O) groups is 1. The summed E-state index contributed by atoms with van der Waals surface area (Å²) in [7, 11) is 1.65. The van der Waals surface area contributed by atoms with Gasteiger partial charge in [-0.15, -0.1) is 0 Å². The molecule has 1 rings (SSSR count). The fourth-order valence-corrected chi connectivity index (χ4v) is 1.54. The predicted molar refractivity (Wildman–Crippen MR) is 64.2 cm³/mol. The largest absolute Gasteiger partial charge is 0.398 e. The molecule has 3 N–H and O–H groups in total. The molecule has 1 aromatic carbocycles. The molecule has 0 aromatic heterocycles. The van der Waals surface area contributed by atoms with Crippen molar-refractivity contribution in [2.45, 2.75) is 20.0 Å². The number of amides is 1. The van der Waals surface area contributed by atoms with Crippen molar-refractivity contribution in [2.75, 3.05) is 19.3 Å². The summed E-state index contributed by atoms with van der Waals surface area (Å²) in [5, 5.41) is 9.22. The van der Waals surface area contributed by atoms with Crippen LogP contribution in [-0.2, 0) is 0 Å². The number of aryl methyl sites for hydroxylation is 1. The van der Waals surface area contributed by atoms with Crippen molar-refractivity contribution in [3.63, 3.8) is 0 Å². The molecule has 4 heteroatoms. The van der Waals surface area contributed by atoms with Gasteiger partial charge in [-0.1, -0.05) is 11.6 Å². The number of likely N-dealkylation sites (N-methyl/N-ethyl adjacent to an activating group) is 1. The minimum atomic E-state index is -0.542. The van der Waals surface area contributed by atoms with Crippen molar-refractivity contribution in [2.24, 2.45) is 0 Å². The highest BCUT2D eigenvalue weighted by atomic mass is 16.3. The molecule has 0 radical (unpaired) electrons. The number of nitrogen functional groups attached to an aromatic ring is 1. The van der Waals surface area contributed by atoms with Gasteiger partial charge in [-0.05, 0) is 26.0 Å². The molecule has 0 fully saturated rings. The van der Waals surface area contributed by atoms with Crippen molar-refractivity contribution < 1.29 is 9.90 Å². The molecule has 88 valence electrons. The Balaban J connectivity index is 2.91. The predicted octanol–water partition coefficient (Wildman–Crippen LogP) is 1.03. The summed E-state index contributed by atoms with van der Waals surface area (Å²) in [6, 6.07) is 5.34. The minimum Gasteiger partial charge on any atom is -0.398 e. The Labute approximate surface area is 95.7 Å². The molecule has 0 heterocycles. The first-order valence-corrected chi connectivity index (χ1v) is 5.21. The van der Waals surface area contributed by atoms with Crippen molar-refractivity contribution in [1.29, 1.82) is 0 Å². The Morgan fingerprint density at radius 1 is 1.56 bits per heavy atom. The lowest BCUT2D eigenvalue weighted by Gasteiger charge is -2.19. The van der Waals surface area contributed by atoms with Crippen LogP contribution < -0.4 is 5.73 Å². The Hall–Kier alpha value is -1.55. The highest BCUT2D eigenvalue weighted by Gasteiger charge is 2.15. The van der Waals surface area contributed by atoms with Crippen LogP contribution in [0.1, 0.15) is 22.8 Å². The number of nitrogens with zero attached hydrogens (tertiary/aromatic N) is 1. The van der Waals surface area contributed by atoms with Crippen LogP contribution in [0, 0.1) is 6.92 Å². The van der Waals surface area contributed by atoms with Gasteiger partial charge in [0.2, 0.25) is 0 Å². The molecule has 0 spiro atoms. The van der Waals surface area contributed by atoms with Crippen molar-refractivity contribution in [3.8, 4) is 0 Å². The Morgan fingerprint density at radius 3 is 2.75 bits per heavy atom. The van der Waals surface area contributed by atoms with Crippen LogP contribution in [0.3, 0.4) is 0 Å². The monoisotopic (exact) mass is 222 g/mol. The highest BCUT2D eigenvalue weighted by molar-refractivity contribution is 5.99. The van der Waals surface area contributed by atoms with Crippen LogP contribution in [0.25, 0.3) is 0 Å². The number of aliphatic hydroxyl groups excluding tert-OH is 1. The van der Waals surface area contributed by atoms with Gasteiger partial charge in [-0.2, -0.15) is 0 Å². The Kier molecular flexibility index (Phi) is 3.90. The zero-order valence-corrected chi connectivity index (χ0v) is 9.90. The number of aliphatic hydroxyl groups is 1. The molecule has 0 bridgehead atoms. The molecule has 1 aromatic rings. The van der Waals surface area contributed by atoms with Crippen LogP contribution in [-0.4, -0.2) is 35.6 Å². The second-order valence-electron chi connectivity index (χ2n) is 4.13. The van der Waals surface area contributed by atoms with Gasteiger partial charge in [0, 0.05) is 19.3 Å². The van der Waals surface area contributed by atoms with E-state index < -0.39 is 6.10 Å². The van der Waals surface area contributed by atoms with E-state index in [2.05, 4.69) is 0 Å². The molecule has 16 heavy (non-hydrogen) atoms. The molecule has 1 unspecified atom stereocenters. The average molecular weight is 222 g/mol. The zero-order chi connectivity index (χ0) is 12.3. The maximum absolute atomic E-state index is 12.0. The van der Waals surface area contributed by atoms with E-state index in [0.29, 0.717) is 17.8 Å². The number of benzene rings is 1. The molecular formula is C12H18N2O2. The number of nitrogens with two attached hydrogens (primary N) is 1.